The van der Waals surface area contributed by atoms with Gasteiger partial charge in [0, 0.05) is 10.6 Å². The van der Waals surface area contributed by atoms with Crippen LogP contribution in [0.3, 0.4) is 0 Å². The van der Waals surface area contributed by atoms with Crippen LogP contribution in [0.4, 0.5) is 10.7 Å². The smallest absolute Gasteiger partial charge is 0.258 e. The number of aryl methyl sites for hydroxylation is 2. The van der Waals surface area contributed by atoms with E-state index >= 15 is 0 Å². The number of nitrogens with one attached hydrogen (secondary N) is 1. The molecule has 1 heterocycles. The fourth-order valence-electron chi connectivity index (χ4n) is 2.91. The van der Waals surface area contributed by atoms with Crippen LogP contribution in [0.25, 0.3) is 0 Å². The molecule has 0 bridgehead atoms. The Labute approximate surface area is 129 Å². The van der Waals surface area contributed by atoms with Crippen LogP contribution in [-0.4, -0.2) is 5.91 Å². The van der Waals surface area contributed by atoms with E-state index in [1.54, 1.807) is 11.3 Å². The SMILES string of the molecule is Cc1ccccc1NC(=O)c1c(N)sc2c1CCCCC2. The lowest BCUT2D eigenvalue weighted by Crippen LogP contribution is -2.15. The summed E-state index contributed by atoms with van der Waals surface area (Å²) in [6.07, 6.45) is 5.61. The summed E-state index contributed by atoms with van der Waals surface area (Å²) in [6.45, 7) is 1.99. The van der Waals surface area contributed by atoms with Crippen LogP contribution in [-0.2, 0) is 12.8 Å². The fourth-order valence-corrected chi connectivity index (χ4v) is 4.07. The molecule has 1 amide bonds. The molecule has 1 aromatic carbocycles. The molecule has 21 heavy (non-hydrogen) atoms. The number of amides is 1. The lowest BCUT2D eigenvalue weighted by atomic mass is 10.0. The van der Waals surface area contributed by atoms with Gasteiger partial charge in [-0.25, -0.2) is 0 Å². The molecular formula is C17H20N2OS. The van der Waals surface area contributed by atoms with Gasteiger partial charge in [0.25, 0.3) is 5.91 Å². The first-order valence-electron chi connectivity index (χ1n) is 7.44. The normalized spacial score (nSPS) is 14.3. The number of nitrogen functional groups attached to an aromatic ring is 1. The second kappa shape index (κ2) is 5.90. The van der Waals surface area contributed by atoms with Crippen molar-refractivity contribution in [1.82, 2.24) is 0 Å². The van der Waals surface area contributed by atoms with Gasteiger partial charge in [-0.05, 0) is 49.8 Å². The van der Waals surface area contributed by atoms with Gasteiger partial charge in [0.05, 0.1) is 10.6 Å². The highest BCUT2D eigenvalue weighted by Gasteiger charge is 2.23. The van der Waals surface area contributed by atoms with Crippen molar-refractivity contribution in [2.45, 2.75) is 39.0 Å². The molecular weight excluding hydrogens is 280 g/mol. The predicted molar refractivity (Wildman–Crippen MR) is 89.1 cm³/mol. The third-order valence-corrected chi connectivity index (χ3v) is 5.19. The number of carbonyl (C=O) groups is 1. The van der Waals surface area contributed by atoms with E-state index in [9.17, 15) is 4.79 Å². The van der Waals surface area contributed by atoms with Crippen LogP contribution in [0.15, 0.2) is 24.3 Å². The Balaban J connectivity index is 1.91. The highest BCUT2D eigenvalue weighted by Crippen LogP contribution is 2.36. The minimum Gasteiger partial charge on any atom is -0.390 e. The number of hydrogen-bond donors (Lipinski definition) is 2. The lowest BCUT2D eigenvalue weighted by molar-refractivity contribution is 0.102. The minimum absolute atomic E-state index is 0.0683. The maximum absolute atomic E-state index is 12.6. The van der Waals surface area contributed by atoms with Crippen LogP contribution in [0.2, 0.25) is 0 Å². The molecule has 3 nitrogen and oxygen atoms in total. The number of fused-ring (bicyclic) bond motifs is 1. The molecule has 0 atom stereocenters. The molecule has 0 radical (unpaired) electrons. The maximum atomic E-state index is 12.6. The van der Waals surface area contributed by atoms with E-state index in [0.29, 0.717) is 10.6 Å². The van der Waals surface area contributed by atoms with Crippen LogP contribution in [0.1, 0.15) is 45.6 Å². The molecule has 110 valence electrons. The Morgan fingerprint density at radius 2 is 1.95 bits per heavy atom. The largest absolute Gasteiger partial charge is 0.390 e. The van der Waals surface area contributed by atoms with Crippen molar-refractivity contribution < 1.29 is 4.79 Å². The van der Waals surface area contributed by atoms with Gasteiger partial charge in [-0.1, -0.05) is 24.6 Å². The zero-order valence-electron chi connectivity index (χ0n) is 12.2. The van der Waals surface area contributed by atoms with Crippen molar-refractivity contribution in [3.8, 4) is 0 Å². The van der Waals surface area contributed by atoms with Crippen molar-refractivity contribution >= 4 is 27.9 Å². The summed E-state index contributed by atoms with van der Waals surface area (Å²) < 4.78 is 0. The zero-order chi connectivity index (χ0) is 14.8. The first kappa shape index (κ1) is 14.1. The Hall–Kier alpha value is -1.81. The average molecular weight is 300 g/mol. The van der Waals surface area contributed by atoms with Gasteiger partial charge in [0.15, 0.2) is 0 Å². The van der Waals surface area contributed by atoms with Crippen LogP contribution < -0.4 is 11.1 Å². The summed E-state index contributed by atoms with van der Waals surface area (Å²) in [5, 5.41) is 3.67. The fraction of sp³-hybridized carbons (Fsp3) is 0.353. The van der Waals surface area contributed by atoms with Crippen LogP contribution >= 0.6 is 11.3 Å². The zero-order valence-corrected chi connectivity index (χ0v) is 13.1. The van der Waals surface area contributed by atoms with E-state index < -0.39 is 0 Å². The number of benzene rings is 1. The van der Waals surface area contributed by atoms with Crippen molar-refractivity contribution in [3.05, 3.63) is 45.8 Å². The van der Waals surface area contributed by atoms with E-state index in [0.717, 1.165) is 30.5 Å². The van der Waals surface area contributed by atoms with Gasteiger partial charge >= 0.3 is 0 Å². The molecule has 1 aliphatic carbocycles. The summed E-state index contributed by atoms with van der Waals surface area (Å²) in [7, 11) is 0. The Morgan fingerprint density at radius 1 is 1.19 bits per heavy atom. The molecule has 0 saturated carbocycles. The molecule has 0 unspecified atom stereocenters. The standard InChI is InChI=1S/C17H20N2OS/c1-11-7-5-6-9-13(11)19-17(20)15-12-8-3-2-4-10-14(12)21-16(15)18/h5-7,9H,2-4,8,10,18H2,1H3,(H,19,20). The number of thiophene rings is 1. The van der Waals surface area contributed by atoms with E-state index in [1.807, 2.05) is 31.2 Å². The third kappa shape index (κ3) is 2.81. The highest BCUT2D eigenvalue weighted by atomic mass is 32.1. The number of anilines is 2. The second-order valence-corrected chi connectivity index (χ2v) is 6.71. The van der Waals surface area contributed by atoms with E-state index in [2.05, 4.69) is 5.32 Å². The molecule has 0 spiro atoms. The van der Waals surface area contributed by atoms with Crippen molar-refractivity contribution in [3.63, 3.8) is 0 Å². The van der Waals surface area contributed by atoms with Crippen molar-refractivity contribution in [1.29, 1.82) is 0 Å². The summed E-state index contributed by atoms with van der Waals surface area (Å²) in [4.78, 5) is 14.0. The number of carbonyl (C=O) groups excluding carboxylic acids is 1. The molecule has 0 fully saturated rings. The molecule has 4 heteroatoms. The number of hydrogen-bond acceptors (Lipinski definition) is 3. The molecule has 3 rings (SSSR count). The molecule has 0 saturated heterocycles. The lowest BCUT2D eigenvalue weighted by Gasteiger charge is -2.09. The van der Waals surface area contributed by atoms with Gasteiger partial charge < -0.3 is 11.1 Å². The Bertz CT molecular complexity index is 675. The predicted octanol–water partition coefficient (Wildman–Crippen LogP) is 4.16. The molecule has 1 aromatic heterocycles. The van der Waals surface area contributed by atoms with E-state index in [-0.39, 0.29) is 5.91 Å². The summed E-state index contributed by atoms with van der Waals surface area (Å²) in [5.74, 6) is -0.0683. The first-order chi connectivity index (χ1) is 10.2. The maximum Gasteiger partial charge on any atom is 0.258 e. The van der Waals surface area contributed by atoms with Crippen molar-refractivity contribution in [2.24, 2.45) is 0 Å². The molecule has 3 N–H and O–H groups in total. The monoisotopic (exact) mass is 300 g/mol. The minimum atomic E-state index is -0.0683. The summed E-state index contributed by atoms with van der Waals surface area (Å²) in [6, 6.07) is 7.82. The first-order valence-corrected chi connectivity index (χ1v) is 8.25. The van der Waals surface area contributed by atoms with Gasteiger partial charge in [-0.2, -0.15) is 0 Å². The van der Waals surface area contributed by atoms with Crippen molar-refractivity contribution in [2.75, 3.05) is 11.1 Å². The highest BCUT2D eigenvalue weighted by molar-refractivity contribution is 7.16. The van der Waals surface area contributed by atoms with Crippen LogP contribution in [0.5, 0.6) is 0 Å². The Kier molecular flexibility index (Phi) is 3.97. The third-order valence-electron chi connectivity index (χ3n) is 4.07. The van der Waals surface area contributed by atoms with Gasteiger partial charge in [0.2, 0.25) is 0 Å². The quantitative estimate of drug-likeness (QED) is 0.818. The van der Waals surface area contributed by atoms with Gasteiger partial charge in [-0.15, -0.1) is 11.3 Å². The average Bonchev–Trinajstić information content (AvgIpc) is 2.62. The summed E-state index contributed by atoms with van der Waals surface area (Å²) in [5.41, 5.74) is 9.93. The molecule has 0 aliphatic heterocycles. The number of para-hydroxylation sites is 1. The van der Waals surface area contributed by atoms with Gasteiger partial charge in [-0.3, -0.25) is 4.79 Å². The van der Waals surface area contributed by atoms with E-state index in [4.69, 9.17) is 5.73 Å². The van der Waals surface area contributed by atoms with E-state index in [1.165, 1.54) is 23.3 Å². The molecule has 1 aliphatic rings. The molecule has 2 aromatic rings. The number of rotatable bonds is 2. The second-order valence-electron chi connectivity index (χ2n) is 5.57. The Morgan fingerprint density at radius 3 is 2.76 bits per heavy atom. The topological polar surface area (TPSA) is 55.1 Å². The van der Waals surface area contributed by atoms with Crippen LogP contribution in [0, 0.1) is 6.92 Å². The van der Waals surface area contributed by atoms with Gasteiger partial charge in [0.1, 0.15) is 0 Å². The number of nitrogens with two attached hydrogens (primary N) is 1. The summed E-state index contributed by atoms with van der Waals surface area (Å²) >= 11 is 1.59.